The first-order valence-electron chi connectivity index (χ1n) is 11.8. The first-order chi connectivity index (χ1) is 17.2. The number of fused-ring (bicyclic) bond motifs is 1. The second kappa shape index (κ2) is 9.78. The molecule has 0 aliphatic carbocycles. The summed E-state index contributed by atoms with van der Waals surface area (Å²) in [6, 6.07) is 28.1. The molecule has 0 spiro atoms. The molecule has 0 fully saturated rings. The van der Waals surface area contributed by atoms with E-state index < -0.39 is 0 Å². The fraction of sp³-hybridized carbons (Fsp3) is 0.172. The van der Waals surface area contributed by atoms with Gasteiger partial charge in [-0.2, -0.15) is 5.26 Å². The van der Waals surface area contributed by atoms with Crippen LogP contribution < -0.4 is 5.73 Å². The Balaban J connectivity index is 1.55. The summed E-state index contributed by atoms with van der Waals surface area (Å²) in [5.41, 5.74) is 12.4. The average molecular weight is 459 g/mol. The van der Waals surface area contributed by atoms with Gasteiger partial charge >= 0.3 is 0 Å². The molecule has 0 saturated heterocycles. The van der Waals surface area contributed by atoms with E-state index in [-0.39, 0.29) is 0 Å². The third-order valence-electron chi connectivity index (χ3n) is 6.14. The molecular formula is C29H26N6. The number of nitrogens with zero attached hydrogens (tertiary/aromatic N) is 5. The Kier molecular flexibility index (Phi) is 6.23. The van der Waals surface area contributed by atoms with Crippen molar-refractivity contribution in [3.05, 3.63) is 95.8 Å². The van der Waals surface area contributed by atoms with Crippen molar-refractivity contribution in [1.82, 2.24) is 19.5 Å². The number of nitrogen functional groups attached to an aromatic ring is 1. The quantitative estimate of drug-likeness (QED) is 0.323. The molecule has 6 nitrogen and oxygen atoms in total. The van der Waals surface area contributed by atoms with Gasteiger partial charge in [0.2, 0.25) is 0 Å². The van der Waals surface area contributed by atoms with Gasteiger partial charge in [-0.3, -0.25) is 0 Å². The second-order valence-corrected chi connectivity index (χ2v) is 8.54. The maximum absolute atomic E-state index is 9.45. The summed E-state index contributed by atoms with van der Waals surface area (Å²) in [5.74, 6) is 1.96. The van der Waals surface area contributed by atoms with Gasteiger partial charge < -0.3 is 10.3 Å². The third kappa shape index (κ3) is 4.49. The molecule has 172 valence electrons. The zero-order valence-electron chi connectivity index (χ0n) is 19.6. The summed E-state index contributed by atoms with van der Waals surface area (Å²) in [6.45, 7) is 2.80. The van der Waals surface area contributed by atoms with Crippen LogP contribution in [0.25, 0.3) is 33.7 Å². The van der Waals surface area contributed by atoms with Crippen molar-refractivity contribution >= 4 is 17.0 Å². The van der Waals surface area contributed by atoms with E-state index in [0.717, 1.165) is 53.0 Å². The molecule has 0 saturated carbocycles. The monoisotopic (exact) mass is 458 g/mol. The number of imidazole rings is 1. The van der Waals surface area contributed by atoms with Crippen LogP contribution >= 0.6 is 0 Å². The van der Waals surface area contributed by atoms with Crippen molar-refractivity contribution in [2.75, 3.05) is 5.73 Å². The zero-order chi connectivity index (χ0) is 24.2. The molecule has 2 aromatic heterocycles. The third-order valence-corrected chi connectivity index (χ3v) is 6.14. The second-order valence-electron chi connectivity index (χ2n) is 8.54. The Morgan fingerprint density at radius 3 is 2.34 bits per heavy atom. The highest BCUT2D eigenvalue weighted by Gasteiger charge is 2.17. The molecule has 6 heteroatoms. The molecule has 3 aromatic carbocycles. The zero-order valence-corrected chi connectivity index (χ0v) is 19.6. The number of hydrogen-bond donors (Lipinski definition) is 1. The number of benzene rings is 3. The van der Waals surface area contributed by atoms with Crippen LogP contribution in [0.1, 0.15) is 36.7 Å². The van der Waals surface area contributed by atoms with Crippen LogP contribution in [0.15, 0.2) is 78.9 Å². The van der Waals surface area contributed by atoms with Gasteiger partial charge in [0, 0.05) is 12.0 Å². The molecule has 35 heavy (non-hydrogen) atoms. The molecule has 0 aliphatic heterocycles. The maximum atomic E-state index is 9.45. The minimum absolute atomic E-state index is 0.397. The van der Waals surface area contributed by atoms with Crippen LogP contribution in [0.2, 0.25) is 0 Å². The number of hydrogen-bond acceptors (Lipinski definition) is 5. The van der Waals surface area contributed by atoms with E-state index in [2.05, 4.69) is 46.8 Å². The lowest BCUT2D eigenvalue weighted by atomic mass is 9.99. The summed E-state index contributed by atoms with van der Waals surface area (Å²) < 4.78 is 2.16. The standard InChI is InChI=1S/C29H26N6/c1-2-3-13-25-32-26-27(31)33-28(22-9-5-4-6-10-22)34-29(26)35(25)19-20-14-16-21(17-15-20)24-12-8-7-11-23(24)18-30/h4-12,14-17H,2-3,13,19H2,1H3,(H2,31,33,34). The highest BCUT2D eigenvalue weighted by Crippen LogP contribution is 2.27. The smallest absolute Gasteiger partial charge is 0.166 e. The van der Waals surface area contributed by atoms with Gasteiger partial charge in [-0.15, -0.1) is 0 Å². The van der Waals surface area contributed by atoms with Crippen LogP contribution in [-0.4, -0.2) is 19.5 Å². The Morgan fingerprint density at radius 2 is 1.60 bits per heavy atom. The van der Waals surface area contributed by atoms with E-state index in [1.807, 2.05) is 54.6 Å². The number of nitriles is 1. The van der Waals surface area contributed by atoms with E-state index in [0.29, 0.717) is 29.3 Å². The van der Waals surface area contributed by atoms with Gasteiger partial charge in [0.05, 0.1) is 18.2 Å². The normalized spacial score (nSPS) is 11.0. The van der Waals surface area contributed by atoms with Crippen molar-refractivity contribution in [2.24, 2.45) is 0 Å². The van der Waals surface area contributed by atoms with Crippen molar-refractivity contribution < 1.29 is 0 Å². The summed E-state index contributed by atoms with van der Waals surface area (Å²) in [7, 11) is 0. The Hall–Kier alpha value is -4.50. The molecule has 0 aliphatic rings. The molecule has 0 atom stereocenters. The van der Waals surface area contributed by atoms with Gasteiger partial charge in [0.1, 0.15) is 5.82 Å². The molecule has 2 N–H and O–H groups in total. The van der Waals surface area contributed by atoms with Gasteiger partial charge in [-0.1, -0.05) is 86.1 Å². The molecule has 5 rings (SSSR count). The van der Waals surface area contributed by atoms with Crippen molar-refractivity contribution in [3.8, 4) is 28.6 Å². The highest BCUT2D eigenvalue weighted by atomic mass is 15.2. The Labute approximate surface area is 204 Å². The van der Waals surface area contributed by atoms with Crippen LogP contribution in [0, 0.1) is 11.3 Å². The number of aromatic nitrogens is 4. The number of rotatable bonds is 7. The van der Waals surface area contributed by atoms with Crippen LogP contribution in [-0.2, 0) is 13.0 Å². The number of anilines is 1. The van der Waals surface area contributed by atoms with E-state index in [1.165, 1.54) is 0 Å². The minimum Gasteiger partial charge on any atom is -0.382 e. The minimum atomic E-state index is 0.397. The first kappa shape index (κ1) is 22.3. The molecular weight excluding hydrogens is 432 g/mol. The van der Waals surface area contributed by atoms with Crippen LogP contribution in [0.5, 0.6) is 0 Å². The average Bonchev–Trinajstić information content (AvgIpc) is 3.26. The first-order valence-corrected chi connectivity index (χ1v) is 11.8. The summed E-state index contributed by atoms with van der Waals surface area (Å²) >= 11 is 0. The number of nitrogens with two attached hydrogens (primary N) is 1. The molecule has 0 bridgehead atoms. The fourth-order valence-electron chi connectivity index (χ4n) is 4.28. The number of aryl methyl sites for hydroxylation is 1. The maximum Gasteiger partial charge on any atom is 0.166 e. The molecule has 0 amide bonds. The Bertz CT molecular complexity index is 1510. The number of unbranched alkanes of at least 4 members (excludes halogenated alkanes) is 1. The summed E-state index contributed by atoms with van der Waals surface area (Å²) in [6.07, 6.45) is 2.96. The molecule has 2 heterocycles. The van der Waals surface area contributed by atoms with E-state index in [4.69, 9.17) is 15.7 Å². The topological polar surface area (TPSA) is 93.4 Å². The van der Waals surface area contributed by atoms with Gasteiger partial charge in [-0.05, 0) is 29.2 Å². The molecule has 5 aromatic rings. The lowest BCUT2D eigenvalue weighted by Crippen LogP contribution is -2.07. The van der Waals surface area contributed by atoms with Crippen molar-refractivity contribution in [1.29, 1.82) is 5.26 Å². The molecule has 0 unspecified atom stereocenters. The fourth-order valence-corrected chi connectivity index (χ4v) is 4.28. The van der Waals surface area contributed by atoms with E-state index >= 15 is 0 Å². The van der Waals surface area contributed by atoms with E-state index in [9.17, 15) is 5.26 Å². The van der Waals surface area contributed by atoms with Gasteiger partial charge in [-0.25, -0.2) is 15.0 Å². The lowest BCUT2D eigenvalue weighted by Gasteiger charge is -2.11. The molecule has 0 radical (unpaired) electrons. The van der Waals surface area contributed by atoms with E-state index in [1.54, 1.807) is 0 Å². The lowest BCUT2D eigenvalue weighted by molar-refractivity contribution is 0.686. The Morgan fingerprint density at radius 1 is 0.857 bits per heavy atom. The van der Waals surface area contributed by atoms with Crippen LogP contribution in [0.4, 0.5) is 5.82 Å². The highest BCUT2D eigenvalue weighted by molar-refractivity contribution is 5.84. The van der Waals surface area contributed by atoms with Crippen molar-refractivity contribution in [3.63, 3.8) is 0 Å². The van der Waals surface area contributed by atoms with Gasteiger partial charge in [0.25, 0.3) is 0 Å². The summed E-state index contributed by atoms with van der Waals surface area (Å²) in [4.78, 5) is 14.3. The SMILES string of the molecule is CCCCc1nc2c(N)nc(-c3ccccc3)nc2n1Cc1ccc(-c2ccccc2C#N)cc1. The van der Waals surface area contributed by atoms with Crippen molar-refractivity contribution in [2.45, 2.75) is 32.7 Å². The predicted octanol–water partition coefficient (Wildman–Crippen LogP) is 6.01. The summed E-state index contributed by atoms with van der Waals surface area (Å²) in [5, 5.41) is 9.45. The van der Waals surface area contributed by atoms with Crippen LogP contribution in [0.3, 0.4) is 0 Å². The predicted molar refractivity (Wildman–Crippen MR) is 139 cm³/mol. The van der Waals surface area contributed by atoms with Gasteiger partial charge in [0.15, 0.2) is 22.8 Å². The largest absolute Gasteiger partial charge is 0.382 e.